The van der Waals surface area contributed by atoms with Crippen LogP contribution in [0.3, 0.4) is 0 Å². The van der Waals surface area contributed by atoms with Crippen LogP contribution in [-0.2, 0) is 38.4 Å². The molecule has 0 atom stereocenters. The smallest absolute Gasteiger partial charge is 0.216 e. The molecule has 0 saturated heterocycles. The summed E-state index contributed by atoms with van der Waals surface area (Å²) in [5, 5.41) is 2.08. The van der Waals surface area contributed by atoms with Crippen molar-refractivity contribution >= 4 is 39.7 Å². The van der Waals surface area contributed by atoms with Gasteiger partial charge < -0.3 is 9.40 Å². The van der Waals surface area contributed by atoms with E-state index in [1.54, 1.807) is 4.40 Å². The largest absolute Gasteiger partial charge is 0.486 e. The molecule has 0 aliphatic heterocycles. The summed E-state index contributed by atoms with van der Waals surface area (Å²) >= 11 is -1.91. The molecule has 0 spiro atoms. The molecule has 0 N–H and O–H groups in total. The summed E-state index contributed by atoms with van der Waals surface area (Å²) in [5.74, 6) is 9.27. The summed E-state index contributed by atoms with van der Waals surface area (Å²) < 4.78 is 7.91. The van der Waals surface area contributed by atoms with Gasteiger partial charge in [-0.1, -0.05) is 86.9 Å². The van der Waals surface area contributed by atoms with Crippen molar-refractivity contribution < 1.29 is 24.5 Å². The fourth-order valence-corrected chi connectivity index (χ4v) is 11.8. The molecule has 59 heavy (non-hydrogen) atoms. The molecule has 1 aliphatic carbocycles. The number of hydrogen-bond acceptors (Lipinski definition) is 4. The first-order valence-electron chi connectivity index (χ1n) is 21.5. The molecule has 1 fully saturated rings. The van der Waals surface area contributed by atoms with Gasteiger partial charge in [-0.2, -0.15) is 0 Å². The van der Waals surface area contributed by atoms with Gasteiger partial charge in [0, 0.05) is 37.3 Å². The maximum atomic E-state index is 6.37. The normalized spacial score (nSPS) is 13.6. The minimum absolute atomic E-state index is 0. The van der Waals surface area contributed by atoms with Crippen LogP contribution in [0.2, 0.25) is 17.3 Å². The van der Waals surface area contributed by atoms with Gasteiger partial charge in [-0.3, -0.25) is 0 Å². The van der Waals surface area contributed by atoms with Crippen LogP contribution in [0.5, 0.6) is 0 Å². The molecule has 4 heterocycles. The second-order valence-corrected chi connectivity index (χ2v) is 29.8. The van der Waals surface area contributed by atoms with Crippen LogP contribution in [0, 0.1) is 24.0 Å². The van der Waals surface area contributed by atoms with Gasteiger partial charge in [0.2, 0.25) is 5.71 Å². The average molecular weight is 1020 g/mol. The maximum Gasteiger partial charge on any atom is 0.216 e. The molecule has 1 saturated carbocycles. The van der Waals surface area contributed by atoms with E-state index in [9.17, 15) is 0 Å². The van der Waals surface area contributed by atoms with Gasteiger partial charge >= 0.3 is 151 Å². The first kappa shape index (κ1) is 44.6. The van der Waals surface area contributed by atoms with E-state index < -0.39 is 13.3 Å². The Hall–Kier alpha value is -3.90. The molecule has 0 amide bonds. The van der Waals surface area contributed by atoms with Crippen molar-refractivity contribution in [1.29, 1.82) is 0 Å². The Bertz CT molecular complexity index is 2500. The predicted octanol–water partition coefficient (Wildman–Crippen LogP) is 14.0. The number of aromatic nitrogens is 3. The molecule has 4 aromatic heterocycles. The summed E-state index contributed by atoms with van der Waals surface area (Å²) in [6.45, 7) is 15.9. The molecule has 3 aromatic carbocycles. The second-order valence-electron chi connectivity index (χ2n) is 19.2. The molecule has 6 heteroatoms. The van der Waals surface area contributed by atoms with Gasteiger partial charge in [-0.25, -0.2) is 4.98 Å². The Morgan fingerprint density at radius 1 is 0.763 bits per heavy atom. The Labute approximate surface area is 369 Å². The number of nitrogens with zero attached hydrogens (tertiary/aromatic N) is 3. The maximum absolute atomic E-state index is 6.37. The van der Waals surface area contributed by atoms with Crippen LogP contribution in [-0.4, -0.2) is 28.2 Å². The standard InChI is InChI=1S/C31H29N2O.C22H32GeN.Ir/c1-20(2)27-19-32-29(18-23(27)17-21-9-6-7-10-21)26-14-8-13-24-25-15-16-28(22-11-4-3-5-12-22)33-31(25)34-30(24)26;1-16(2)12-18-14-21(24-15-20(18)23(6,7)8)17-10-9-11-19(13-17)22(3,4)5;/h3-5,8,11-13,15-16,18-21H,6-7,9-10,17H2,1-2H3;9,11,13-16H,12H2,1-8H3;/q2*-1;. The van der Waals surface area contributed by atoms with Crippen molar-refractivity contribution in [2.45, 2.75) is 116 Å². The third-order valence-electron chi connectivity index (χ3n) is 11.6. The van der Waals surface area contributed by atoms with Crippen molar-refractivity contribution in [3.63, 3.8) is 0 Å². The van der Waals surface area contributed by atoms with Crippen molar-refractivity contribution in [3.8, 4) is 33.8 Å². The average Bonchev–Trinajstić information content (AvgIpc) is 3.85. The summed E-state index contributed by atoms with van der Waals surface area (Å²) in [5.41, 5.74) is 13.3. The van der Waals surface area contributed by atoms with Crippen molar-refractivity contribution in [2.75, 3.05) is 0 Å². The fourth-order valence-electron chi connectivity index (χ4n) is 8.46. The van der Waals surface area contributed by atoms with Crippen molar-refractivity contribution in [3.05, 3.63) is 132 Å². The first-order chi connectivity index (χ1) is 27.7. The molecular weight excluding hydrogens is 959 g/mol. The third-order valence-corrected chi connectivity index (χ3v) is 16.0. The summed E-state index contributed by atoms with van der Waals surface area (Å²) in [6.07, 6.45) is 11.9. The van der Waals surface area contributed by atoms with Gasteiger partial charge in [0.25, 0.3) is 0 Å². The molecule has 1 aliphatic rings. The Kier molecular flexibility index (Phi) is 14.2. The van der Waals surface area contributed by atoms with Crippen LogP contribution < -0.4 is 4.40 Å². The minimum Gasteiger partial charge on any atom is -0.486 e. The van der Waals surface area contributed by atoms with Gasteiger partial charge in [0.05, 0.1) is 11.3 Å². The van der Waals surface area contributed by atoms with E-state index >= 15 is 0 Å². The van der Waals surface area contributed by atoms with E-state index in [-0.39, 0.29) is 25.5 Å². The molecule has 0 bridgehead atoms. The van der Waals surface area contributed by atoms with E-state index in [2.05, 4.69) is 145 Å². The zero-order valence-corrected chi connectivity index (χ0v) is 41.3. The molecule has 7 aromatic rings. The molecule has 309 valence electrons. The SMILES string of the molecule is CC(C)Cc1cc(-c2[c-]ccc(C(C)(C)C)c2)nc[c]1[Ge]([CH3])([CH3])[CH3].CC(C)c1cnc(-c2[c-]ccc3c2oc2nc(-c4ccccc4)ccc23)cc1CC1CCCC1.[Ir]. The molecule has 0 unspecified atom stereocenters. The van der Waals surface area contributed by atoms with E-state index in [0.29, 0.717) is 17.5 Å². The van der Waals surface area contributed by atoms with E-state index in [0.717, 1.165) is 68.9 Å². The van der Waals surface area contributed by atoms with E-state index in [4.69, 9.17) is 19.4 Å². The predicted molar refractivity (Wildman–Crippen MR) is 247 cm³/mol. The van der Waals surface area contributed by atoms with E-state index in [1.807, 2.05) is 30.3 Å². The zero-order valence-electron chi connectivity index (χ0n) is 36.8. The van der Waals surface area contributed by atoms with Gasteiger partial charge in [0.1, 0.15) is 0 Å². The number of pyridine rings is 3. The third kappa shape index (κ3) is 10.5. The topological polar surface area (TPSA) is 51.8 Å². The van der Waals surface area contributed by atoms with Crippen LogP contribution in [0.1, 0.15) is 102 Å². The quantitative estimate of drug-likeness (QED) is 0.107. The number of benzene rings is 3. The second kappa shape index (κ2) is 18.8. The monoisotopic (exact) mass is 1020 g/mol. The van der Waals surface area contributed by atoms with Crippen LogP contribution in [0.15, 0.2) is 102 Å². The molecule has 8 rings (SSSR count). The van der Waals surface area contributed by atoms with Crippen molar-refractivity contribution in [2.24, 2.45) is 11.8 Å². The number of rotatable bonds is 9. The van der Waals surface area contributed by atoms with Crippen LogP contribution in [0.4, 0.5) is 0 Å². The van der Waals surface area contributed by atoms with Gasteiger partial charge in [-0.05, 0) is 47.2 Å². The summed E-state index contributed by atoms with van der Waals surface area (Å²) in [4.78, 5) is 14.5. The zero-order chi connectivity index (χ0) is 41.2. The molecular formula is C53H61GeIrN3O-2. The molecule has 4 nitrogen and oxygen atoms in total. The summed E-state index contributed by atoms with van der Waals surface area (Å²) in [6, 6.07) is 36.3. The number of hydrogen-bond donors (Lipinski definition) is 0. The number of fused-ring (bicyclic) bond motifs is 3. The number of furan rings is 1. The van der Waals surface area contributed by atoms with Gasteiger partial charge in [0.15, 0.2) is 0 Å². The van der Waals surface area contributed by atoms with Crippen molar-refractivity contribution in [1.82, 2.24) is 15.0 Å². The Morgan fingerprint density at radius 3 is 2.14 bits per heavy atom. The minimum atomic E-state index is -1.91. The van der Waals surface area contributed by atoms with Crippen LogP contribution >= 0.6 is 0 Å². The van der Waals surface area contributed by atoms with E-state index in [1.165, 1.54) is 47.9 Å². The fraction of sp³-hybridized carbons (Fsp3) is 0.377. The first-order valence-corrected chi connectivity index (χ1v) is 28.8. The van der Waals surface area contributed by atoms with Crippen LogP contribution in [0.25, 0.3) is 55.8 Å². The van der Waals surface area contributed by atoms with Gasteiger partial charge in [-0.15, -0.1) is 18.2 Å². The Balaban J connectivity index is 0.000000208. The molecule has 1 radical (unpaired) electrons. The summed E-state index contributed by atoms with van der Waals surface area (Å²) in [7, 11) is 0. The Morgan fingerprint density at radius 2 is 1.46 bits per heavy atom.